The molecule has 0 aromatic heterocycles. The summed E-state index contributed by atoms with van der Waals surface area (Å²) in [6.07, 6.45) is 3.88. The van der Waals surface area contributed by atoms with Crippen LogP contribution in [0.4, 0.5) is 0 Å². The summed E-state index contributed by atoms with van der Waals surface area (Å²) in [5.41, 5.74) is 0. The second-order valence-corrected chi connectivity index (χ2v) is 4.62. The van der Waals surface area contributed by atoms with E-state index in [1.165, 1.54) is 6.42 Å². The summed E-state index contributed by atoms with van der Waals surface area (Å²) in [6, 6.07) is 0. The zero-order chi connectivity index (χ0) is 12.3. The highest BCUT2D eigenvalue weighted by molar-refractivity contribution is 4.94. The SMILES string of the molecule is CCOC(OCC)(OCC)C1CC2CCC1O2. The molecule has 3 unspecified atom stereocenters. The molecule has 0 amide bonds. The summed E-state index contributed by atoms with van der Waals surface area (Å²) in [5, 5.41) is 0. The molecule has 0 aromatic carbocycles. The summed E-state index contributed by atoms with van der Waals surface area (Å²) in [7, 11) is 0. The zero-order valence-corrected chi connectivity index (χ0v) is 11.1. The third-order valence-electron chi connectivity index (χ3n) is 3.60. The fourth-order valence-corrected chi connectivity index (χ4v) is 3.06. The zero-order valence-electron chi connectivity index (χ0n) is 11.1. The van der Waals surface area contributed by atoms with Gasteiger partial charge in [-0.1, -0.05) is 0 Å². The molecule has 2 fully saturated rings. The van der Waals surface area contributed by atoms with E-state index in [4.69, 9.17) is 18.9 Å². The van der Waals surface area contributed by atoms with E-state index in [0.29, 0.717) is 25.9 Å². The van der Waals surface area contributed by atoms with Gasteiger partial charge in [0.1, 0.15) is 0 Å². The van der Waals surface area contributed by atoms with Crippen molar-refractivity contribution >= 4 is 0 Å². The fourth-order valence-electron chi connectivity index (χ4n) is 3.06. The first-order chi connectivity index (χ1) is 8.25. The smallest absolute Gasteiger partial charge is 0.288 e. The minimum absolute atomic E-state index is 0.209. The Kier molecular flexibility index (Phi) is 4.42. The highest BCUT2D eigenvalue weighted by Crippen LogP contribution is 2.46. The average Bonchev–Trinajstić information content (AvgIpc) is 2.91. The summed E-state index contributed by atoms with van der Waals surface area (Å²) in [4.78, 5) is 0. The summed E-state index contributed by atoms with van der Waals surface area (Å²) >= 11 is 0. The van der Waals surface area contributed by atoms with Crippen LogP contribution in [0.25, 0.3) is 0 Å². The number of rotatable bonds is 7. The lowest BCUT2D eigenvalue weighted by Crippen LogP contribution is -2.50. The second-order valence-electron chi connectivity index (χ2n) is 4.62. The van der Waals surface area contributed by atoms with Crippen LogP contribution in [0.15, 0.2) is 0 Å². The largest absolute Gasteiger partial charge is 0.374 e. The van der Waals surface area contributed by atoms with Crippen LogP contribution in [0.3, 0.4) is 0 Å². The predicted octanol–water partition coefficient (Wildman–Crippen LogP) is 2.32. The Morgan fingerprint density at radius 1 is 1.00 bits per heavy atom. The molecule has 2 bridgehead atoms. The van der Waals surface area contributed by atoms with Gasteiger partial charge >= 0.3 is 0 Å². The maximum absolute atomic E-state index is 5.89. The maximum Gasteiger partial charge on any atom is 0.288 e. The lowest BCUT2D eigenvalue weighted by Gasteiger charge is -2.39. The van der Waals surface area contributed by atoms with Gasteiger partial charge in [0.2, 0.25) is 0 Å². The van der Waals surface area contributed by atoms with Crippen molar-refractivity contribution in [1.29, 1.82) is 0 Å². The van der Waals surface area contributed by atoms with Crippen LogP contribution in [-0.2, 0) is 18.9 Å². The third kappa shape index (κ3) is 2.50. The van der Waals surface area contributed by atoms with Gasteiger partial charge in [-0.2, -0.15) is 0 Å². The Labute approximate surface area is 104 Å². The minimum Gasteiger partial charge on any atom is -0.374 e. The first kappa shape index (κ1) is 13.3. The van der Waals surface area contributed by atoms with E-state index >= 15 is 0 Å². The number of hydrogen-bond acceptors (Lipinski definition) is 4. The van der Waals surface area contributed by atoms with Crippen LogP contribution in [0.5, 0.6) is 0 Å². The van der Waals surface area contributed by atoms with Gasteiger partial charge in [0.25, 0.3) is 5.97 Å². The third-order valence-corrected chi connectivity index (χ3v) is 3.60. The van der Waals surface area contributed by atoms with Gasteiger partial charge in [-0.25, -0.2) is 0 Å². The molecule has 0 spiro atoms. The Balaban J connectivity index is 2.12. The molecule has 0 aliphatic carbocycles. The fraction of sp³-hybridized carbons (Fsp3) is 1.00. The molecule has 4 heteroatoms. The van der Waals surface area contributed by atoms with Crippen molar-refractivity contribution in [3.8, 4) is 0 Å². The van der Waals surface area contributed by atoms with Crippen molar-refractivity contribution in [2.45, 2.75) is 58.2 Å². The van der Waals surface area contributed by atoms with E-state index in [0.717, 1.165) is 12.8 Å². The first-order valence-corrected chi connectivity index (χ1v) is 6.83. The van der Waals surface area contributed by atoms with Gasteiger partial charge < -0.3 is 18.9 Å². The summed E-state index contributed by atoms with van der Waals surface area (Å²) < 4.78 is 23.4. The maximum atomic E-state index is 5.89. The normalized spacial score (nSPS) is 32.3. The van der Waals surface area contributed by atoms with Crippen LogP contribution in [0, 0.1) is 5.92 Å². The molecule has 0 saturated carbocycles. The van der Waals surface area contributed by atoms with Crippen LogP contribution < -0.4 is 0 Å². The predicted molar refractivity (Wildman–Crippen MR) is 63.6 cm³/mol. The lowest BCUT2D eigenvalue weighted by atomic mass is 9.87. The average molecular weight is 244 g/mol. The van der Waals surface area contributed by atoms with Crippen molar-refractivity contribution in [2.24, 2.45) is 5.92 Å². The van der Waals surface area contributed by atoms with Crippen molar-refractivity contribution in [1.82, 2.24) is 0 Å². The molecule has 3 atom stereocenters. The standard InChI is InChI=1S/C13H24O4/c1-4-14-13(15-5-2,16-6-3)11-9-10-7-8-12(11)17-10/h10-12H,4-9H2,1-3H3. The van der Waals surface area contributed by atoms with E-state index < -0.39 is 5.97 Å². The summed E-state index contributed by atoms with van der Waals surface area (Å²) in [6.45, 7) is 7.69. The van der Waals surface area contributed by atoms with Gasteiger partial charge in [-0.3, -0.25) is 0 Å². The molecule has 100 valence electrons. The molecule has 2 aliphatic rings. The Morgan fingerprint density at radius 2 is 1.59 bits per heavy atom. The summed E-state index contributed by atoms with van der Waals surface area (Å²) in [5.74, 6) is -0.681. The van der Waals surface area contributed by atoms with Gasteiger partial charge in [0, 0.05) is 19.8 Å². The highest BCUT2D eigenvalue weighted by atomic mass is 16.9. The molecule has 0 N–H and O–H groups in total. The number of hydrogen-bond donors (Lipinski definition) is 0. The molecule has 4 nitrogen and oxygen atoms in total. The monoisotopic (exact) mass is 244 g/mol. The van der Waals surface area contributed by atoms with Gasteiger partial charge in [-0.15, -0.1) is 0 Å². The van der Waals surface area contributed by atoms with Crippen LogP contribution in [-0.4, -0.2) is 38.0 Å². The first-order valence-electron chi connectivity index (χ1n) is 6.83. The number of fused-ring (bicyclic) bond motifs is 2. The Hall–Kier alpha value is -0.160. The van der Waals surface area contributed by atoms with E-state index in [1.54, 1.807) is 0 Å². The molecule has 2 saturated heterocycles. The molecule has 0 aromatic rings. The molecule has 2 rings (SSSR count). The van der Waals surface area contributed by atoms with E-state index in [-0.39, 0.29) is 12.0 Å². The molecule has 2 heterocycles. The molecule has 2 aliphatic heterocycles. The van der Waals surface area contributed by atoms with Crippen LogP contribution >= 0.6 is 0 Å². The van der Waals surface area contributed by atoms with Gasteiger partial charge in [0.05, 0.1) is 18.1 Å². The second kappa shape index (κ2) is 5.65. The van der Waals surface area contributed by atoms with Crippen LogP contribution in [0.1, 0.15) is 40.0 Å². The molecular formula is C13H24O4. The van der Waals surface area contributed by atoms with Crippen molar-refractivity contribution < 1.29 is 18.9 Å². The number of ether oxygens (including phenoxy) is 4. The topological polar surface area (TPSA) is 36.9 Å². The van der Waals surface area contributed by atoms with E-state index in [9.17, 15) is 0 Å². The van der Waals surface area contributed by atoms with Crippen molar-refractivity contribution in [2.75, 3.05) is 19.8 Å². The Bertz CT molecular complexity index is 227. The molecule has 17 heavy (non-hydrogen) atoms. The molecule has 0 radical (unpaired) electrons. The van der Waals surface area contributed by atoms with Gasteiger partial charge in [-0.05, 0) is 40.0 Å². The lowest BCUT2D eigenvalue weighted by molar-refractivity contribution is -0.405. The quantitative estimate of drug-likeness (QED) is 0.644. The Morgan fingerprint density at radius 3 is 1.94 bits per heavy atom. The van der Waals surface area contributed by atoms with E-state index in [1.807, 2.05) is 20.8 Å². The van der Waals surface area contributed by atoms with Crippen molar-refractivity contribution in [3.63, 3.8) is 0 Å². The highest BCUT2D eigenvalue weighted by Gasteiger charge is 2.54. The van der Waals surface area contributed by atoms with E-state index in [2.05, 4.69) is 0 Å². The van der Waals surface area contributed by atoms with Crippen LogP contribution in [0.2, 0.25) is 0 Å². The molecular weight excluding hydrogens is 220 g/mol. The van der Waals surface area contributed by atoms with Gasteiger partial charge in [0.15, 0.2) is 0 Å². The minimum atomic E-state index is -0.891. The van der Waals surface area contributed by atoms with Crippen molar-refractivity contribution in [3.05, 3.63) is 0 Å².